The molecule has 0 fully saturated rings. The number of hydrogen-bond donors (Lipinski definition) is 0. The van der Waals surface area contributed by atoms with Crippen LogP contribution in [0.15, 0.2) is 48.5 Å². The van der Waals surface area contributed by atoms with E-state index in [0.29, 0.717) is 29.1 Å². The van der Waals surface area contributed by atoms with Gasteiger partial charge in [-0.15, -0.1) is 13.2 Å². The highest BCUT2D eigenvalue weighted by molar-refractivity contribution is 5.35. The molecule has 0 aliphatic rings. The van der Waals surface area contributed by atoms with E-state index in [2.05, 4.69) is 4.74 Å². The van der Waals surface area contributed by atoms with Gasteiger partial charge in [-0.1, -0.05) is 30.3 Å². The van der Waals surface area contributed by atoms with Crippen molar-refractivity contribution < 1.29 is 40.6 Å². The quantitative estimate of drug-likeness (QED) is 0.233. The zero-order valence-electron chi connectivity index (χ0n) is 17.7. The van der Waals surface area contributed by atoms with Crippen LogP contribution >= 0.6 is 0 Å². The van der Waals surface area contributed by atoms with Crippen LogP contribution in [-0.4, -0.2) is 44.6 Å². The number of para-hydroxylation sites is 1. The van der Waals surface area contributed by atoms with Crippen LogP contribution in [0.5, 0.6) is 11.5 Å². The third kappa shape index (κ3) is 8.96. The van der Waals surface area contributed by atoms with Gasteiger partial charge in [-0.05, 0) is 55.6 Å². The molecule has 0 spiro atoms. The molecule has 2 aromatic carbocycles. The van der Waals surface area contributed by atoms with Gasteiger partial charge in [0.25, 0.3) is 0 Å². The molecule has 0 N–H and O–H groups in total. The molecule has 2 aromatic rings. The lowest BCUT2D eigenvalue weighted by Crippen LogP contribution is -2.35. The summed E-state index contributed by atoms with van der Waals surface area (Å²) in [6.45, 7) is -0.190. The Bertz CT molecular complexity index is 841. The van der Waals surface area contributed by atoms with Gasteiger partial charge >= 0.3 is 12.7 Å². The number of nitrogens with zero attached hydrogens (tertiary/aromatic N) is 1. The third-order valence-electron chi connectivity index (χ3n) is 4.68. The van der Waals surface area contributed by atoms with Gasteiger partial charge in [-0.25, -0.2) is 4.90 Å². The van der Waals surface area contributed by atoms with Gasteiger partial charge in [0.1, 0.15) is 11.5 Å². The smallest absolute Gasteiger partial charge is 0.465 e. The van der Waals surface area contributed by atoms with E-state index < -0.39 is 19.0 Å². The number of benzene rings is 2. The van der Waals surface area contributed by atoms with Crippen molar-refractivity contribution in [2.24, 2.45) is 0 Å². The zero-order chi connectivity index (χ0) is 23.8. The first-order valence-corrected chi connectivity index (χ1v) is 9.88. The lowest BCUT2D eigenvalue weighted by molar-refractivity contribution is -0.274. The Morgan fingerprint density at radius 1 is 0.938 bits per heavy atom. The summed E-state index contributed by atoms with van der Waals surface area (Å²) in [7, 11) is 2.39. The van der Waals surface area contributed by atoms with E-state index in [1.165, 1.54) is 25.3 Å². The Kier molecular flexibility index (Phi) is 9.21. The molecule has 10 heteroatoms. The minimum Gasteiger partial charge on any atom is -0.465 e. The Morgan fingerprint density at radius 2 is 1.66 bits per heavy atom. The summed E-state index contributed by atoms with van der Waals surface area (Å²) < 4.78 is 90.0. The first kappa shape index (κ1) is 25.8. The summed E-state index contributed by atoms with van der Waals surface area (Å²) in [6, 6.07) is 12.8. The van der Waals surface area contributed by atoms with Crippen molar-refractivity contribution in [2.45, 2.75) is 44.6 Å². The minimum absolute atomic E-state index is 0.190. The predicted molar refractivity (Wildman–Crippen MR) is 106 cm³/mol. The van der Waals surface area contributed by atoms with Crippen LogP contribution in [0.25, 0.3) is 0 Å². The summed E-state index contributed by atoms with van der Waals surface area (Å²) in [5.74, 6) is 0.217. The molecule has 1 atom stereocenters. The van der Waals surface area contributed by atoms with Crippen molar-refractivity contribution in [3.63, 3.8) is 0 Å². The highest BCUT2D eigenvalue weighted by atomic mass is 19.4. The number of methoxy groups -OCH3 is 1. The fourth-order valence-electron chi connectivity index (χ4n) is 2.99. The SMILES string of the molecule is CO[C@@H](CCCN(C)C(F)(F)F)Oc1ccccc1CCc1cccc(OC(F)(F)F)c1. The van der Waals surface area contributed by atoms with Crippen molar-refractivity contribution in [2.75, 3.05) is 20.7 Å². The molecule has 0 unspecified atom stereocenters. The van der Waals surface area contributed by atoms with Crippen molar-refractivity contribution in [1.29, 1.82) is 0 Å². The number of ether oxygens (including phenoxy) is 3. The van der Waals surface area contributed by atoms with Gasteiger partial charge in [-0.3, -0.25) is 0 Å². The molecule has 0 bridgehead atoms. The van der Waals surface area contributed by atoms with Crippen LogP contribution in [0.2, 0.25) is 0 Å². The second-order valence-corrected chi connectivity index (χ2v) is 7.12. The maximum Gasteiger partial charge on any atom is 0.573 e. The van der Waals surface area contributed by atoms with E-state index in [0.717, 1.165) is 12.6 Å². The second kappa shape index (κ2) is 11.4. The van der Waals surface area contributed by atoms with Crippen LogP contribution < -0.4 is 9.47 Å². The van der Waals surface area contributed by atoms with Crippen molar-refractivity contribution in [3.05, 3.63) is 59.7 Å². The Balaban J connectivity index is 1.96. The number of alkyl halides is 6. The monoisotopic (exact) mass is 465 g/mol. The van der Waals surface area contributed by atoms with Crippen LogP contribution in [0.1, 0.15) is 24.0 Å². The van der Waals surface area contributed by atoms with Gasteiger partial charge in [0.05, 0.1) is 0 Å². The number of rotatable bonds is 11. The zero-order valence-corrected chi connectivity index (χ0v) is 17.7. The van der Waals surface area contributed by atoms with Crippen molar-refractivity contribution in [3.8, 4) is 11.5 Å². The third-order valence-corrected chi connectivity index (χ3v) is 4.68. The summed E-state index contributed by atoms with van der Waals surface area (Å²) in [5, 5.41) is 0. The highest BCUT2D eigenvalue weighted by Gasteiger charge is 2.33. The first-order chi connectivity index (χ1) is 15.0. The van der Waals surface area contributed by atoms with Gasteiger partial charge in [-0.2, -0.15) is 13.2 Å². The van der Waals surface area contributed by atoms with Crippen LogP contribution in [-0.2, 0) is 17.6 Å². The standard InChI is InChI=1S/C22H25F6NO3/c1-29(21(23,24)25)14-6-11-20(30-2)31-19-10-4-3-8-17(19)13-12-16-7-5-9-18(15-16)32-22(26,27)28/h3-5,7-10,15,20H,6,11-14H2,1-2H3/t20-/m1/s1. The van der Waals surface area contributed by atoms with E-state index in [1.807, 2.05) is 6.07 Å². The molecule has 0 heterocycles. The van der Waals surface area contributed by atoms with E-state index in [4.69, 9.17) is 9.47 Å². The summed E-state index contributed by atoms with van der Waals surface area (Å²) in [5.41, 5.74) is 1.45. The van der Waals surface area contributed by atoms with Crippen LogP contribution in [0.4, 0.5) is 26.3 Å². The Morgan fingerprint density at radius 3 is 2.31 bits per heavy atom. The van der Waals surface area contributed by atoms with Crippen molar-refractivity contribution >= 4 is 0 Å². The molecule has 0 aromatic heterocycles. The summed E-state index contributed by atoms with van der Waals surface area (Å²) in [4.78, 5) is 0.296. The Labute approximate surface area is 182 Å². The number of halogens is 6. The molecule has 0 aliphatic heterocycles. The summed E-state index contributed by atoms with van der Waals surface area (Å²) >= 11 is 0. The first-order valence-electron chi connectivity index (χ1n) is 9.88. The molecular weight excluding hydrogens is 440 g/mol. The topological polar surface area (TPSA) is 30.9 Å². The van der Waals surface area contributed by atoms with Crippen molar-refractivity contribution in [1.82, 2.24) is 4.90 Å². The van der Waals surface area contributed by atoms with Gasteiger partial charge in [0.15, 0.2) is 6.29 Å². The second-order valence-electron chi connectivity index (χ2n) is 7.12. The predicted octanol–water partition coefficient (Wildman–Crippen LogP) is 5.95. The fourth-order valence-corrected chi connectivity index (χ4v) is 2.99. The summed E-state index contributed by atoms with van der Waals surface area (Å²) in [6.07, 6.45) is -8.52. The lowest BCUT2D eigenvalue weighted by Gasteiger charge is -2.22. The molecule has 32 heavy (non-hydrogen) atoms. The van der Waals surface area contributed by atoms with Gasteiger partial charge in [0.2, 0.25) is 0 Å². The highest BCUT2D eigenvalue weighted by Crippen LogP contribution is 2.26. The molecule has 0 saturated heterocycles. The average molecular weight is 465 g/mol. The maximum absolute atomic E-state index is 12.6. The molecule has 178 valence electrons. The lowest BCUT2D eigenvalue weighted by atomic mass is 10.0. The molecule has 0 amide bonds. The van der Waals surface area contributed by atoms with Crippen LogP contribution in [0.3, 0.4) is 0 Å². The van der Waals surface area contributed by atoms with Gasteiger partial charge in [0, 0.05) is 20.1 Å². The van der Waals surface area contributed by atoms with E-state index in [9.17, 15) is 26.3 Å². The maximum atomic E-state index is 12.6. The molecule has 4 nitrogen and oxygen atoms in total. The molecule has 0 radical (unpaired) electrons. The fraction of sp³-hybridized carbons (Fsp3) is 0.455. The van der Waals surface area contributed by atoms with Crippen LogP contribution in [0, 0.1) is 0 Å². The molecular formula is C22H25F6NO3. The molecule has 0 saturated carbocycles. The molecule has 0 aliphatic carbocycles. The normalized spacial score (nSPS) is 13.3. The van der Waals surface area contributed by atoms with E-state index >= 15 is 0 Å². The number of hydrogen-bond acceptors (Lipinski definition) is 4. The van der Waals surface area contributed by atoms with E-state index in [-0.39, 0.29) is 25.1 Å². The largest absolute Gasteiger partial charge is 0.573 e. The minimum atomic E-state index is -4.76. The Hall–Kier alpha value is -2.46. The number of aryl methyl sites for hydroxylation is 2. The average Bonchev–Trinajstić information content (AvgIpc) is 2.70. The molecule has 2 rings (SSSR count). The van der Waals surface area contributed by atoms with Gasteiger partial charge < -0.3 is 14.2 Å². The van der Waals surface area contributed by atoms with E-state index in [1.54, 1.807) is 24.3 Å².